The molecule has 0 atom stereocenters. The summed E-state index contributed by atoms with van der Waals surface area (Å²) in [5.74, 6) is 0.649. The van der Waals surface area contributed by atoms with Crippen LogP contribution in [0.2, 0.25) is 0 Å². The van der Waals surface area contributed by atoms with Crippen LogP contribution in [0, 0.1) is 0 Å². The lowest BCUT2D eigenvalue weighted by molar-refractivity contribution is -0.121. The molecule has 2 amide bonds. The number of piperidine rings is 1. The van der Waals surface area contributed by atoms with Gasteiger partial charge in [0, 0.05) is 24.3 Å². The van der Waals surface area contributed by atoms with Gasteiger partial charge in [0.05, 0.1) is 17.1 Å². The highest BCUT2D eigenvalue weighted by Gasteiger charge is 2.27. The first-order valence-electron chi connectivity index (χ1n) is 12.6. The second-order valence-electron chi connectivity index (χ2n) is 9.12. The molecule has 10 heteroatoms. The molecule has 2 heterocycles. The van der Waals surface area contributed by atoms with Crippen LogP contribution in [-0.2, 0) is 14.8 Å². The van der Waals surface area contributed by atoms with E-state index >= 15 is 0 Å². The van der Waals surface area contributed by atoms with Gasteiger partial charge in [-0.15, -0.1) is 0 Å². The molecule has 2 aliphatic rings. The predicted octanol–water partition coefficient (Wildman–Crippen LogP) is 3.92. The van der Waals surface area contributed by atoms with Crippen LogP contribution in [0.15, 0.2) is 77.7 Å². The molecule has 1 N–H and O–H groups in total. The lowest BCUT2D eigenvalue weighted by Crippen LogP contribution is -2.41. The Morgan fingerprint density at radius 1 is 0.947 bits per heavy atom. The van der Waals surface area contributed by atoms with Crippen LogP contribution in [-0.4, -0.2) is 57.4 Å². The Kier molecular flexibility index (Phi) is 7.62. The number of ether oxygens (including phenoxy) is 2. The van der Waals surface area contributed by atoms with Crippen molar-refractivity contribution < 1.29 is 27.5 Å². The quantitative estimate of drug-likeness (QED) is 0.469. The SMILES string of the molecule is O=C(Nc1ccc2c(c1)N(CCOc1ccccc1)C(=O)CO2)c1ccc(S(=O)(=O)N2CCCCC2)cc1. The molecule has 3 aromatic carbocycles. The molecule has 1 fully saturated rings. The van der Waals surface area contributed by atoms with E-state index in [9.17, 15) is 18.0 Å². The highest BCUT2D eigenvalue weighted by atomic mass is 32.2. The van der Waals surface area contributed by atoms with E-state index in [-0.39, 0.29) is 17.4 Å². The fraction of sp³-hybridized carbons (Fsp3) is 0.286. The first kappa shape index (κ1) is 25.7. The molecular weight excluding hydrogens is 506 g/mol. The zero-order valence-corrected chi connectivity index (χ0v) is 21.7. The zero-order chi connectivity index (χ0) is 26.5. The van der Waals surface area contributed by atoms with E-state index in [4.69, 9.17) is 9.47 Å². The van der Waals surface area contributed by atoms with Crippen molar-refractivity contribution in [3.63, 3.8) is 0 Å². The average Bonchev–Trinajstić information content (AvgIpc) is 2.95. The Hall–Kier alpha value is -3.89. The summed E-state index contributed by atoms with van der Waals surface area (Å²) in [4.78, 5) is 27.3. The van der Waals surface area contributed by atoms with Gasteiger partial charge in [-0.2, -0.15) is 4.31 Å². The van der Waals surface area contributed by atoms with Crippen LogP contribution in [0.5, 0.6) is 11.5 Å². The number of amides is 2. The van der Waals surface area contributed by atoms with E-state index in [1.54, 1.807) is 23.1 Å². The summed E-state index contributed by atoms with van der Waals surface area (Å²) < 4.78 is 38.6. The van der Waals surface area contributed by atoms with Gasteiger partial charge in [-0.05, 0) is 67.4 Å². The lowest BCUT2D eigenvalue weighted by Gasteiger charge is -2.29. The number of para-hydroxylation sites is 1. The summed E-state index contributed by atoms with van der Waals surface area (Å²) >= 11 is 0. The first-order chi connectivity index (χ1) is 18.4. The van der Waals surface area contributed by atoms with E-state index < -0.39 is 15.9 Å². The van der Waals surface area contributed by atoms with Crippen molar-refractivity contribution in [1.29, 1.82) is 0 Å². The maximum atomic E-state index is 12.9. The fourth-order valence-corrected chi connectivity index (χ4v) is 6.05. The summed E-state index contributed by atoms with van der Waals surface area (Å²) in [5, 5.41) is 2.82. The maximum absolute atomic E-state index is 12.9. The van der Waals surface area contributed by atoms with Crippen LogP contribution in [0.25, 0.3) is 0 Å². The largest absolute Gasteiger partial charge is 0.492 e. The second kappa shape index (κ2) is 11.2. The number of anilines is 2. The summed E-state index contributed by atoms with van der Waals surface area (Å²) in [6, 6.07) is 20.4. The van der Waals surface area contributed by atoms with Crippen LogP contribution in [0.3, 0.4) is 0 Å². The topological polar surface area (TPSA) is 105 Å². The van der Waals surface area contributed by atoms with Crippen LogP contribution in [0.4, 0.5) is 11.4 Å². The predicted molar refractivity (Wildman–Crippen MR) is 143 cm³/mol. The van der Waals surface area contributed by atoms with Crippen LogP contribution < -0.4 is 19.7 Å². The molecule has 5 rings (SSSR count). The number of benzene rings is 3. The molecule has 0 aliphatic carbocycles. The van der Waals surface area contributed by atoms with Gasteiger partial charge in [0.25, 0.3) is 11.8 Å². The second-order valence-corrected chi connectivity index (χ2v) is 11.1. The zero-order valence-electron chi connectivity index (χ0n) is 20.8. The molecular formula is C28H29N3O6S. The summed E-state index contributed by atoms with van der Waals surface area (Å²) in [6.45, 7) is 1.57. The molecule has 0 aromatic heterocycles. The van der Waals surface area contributed by atoms with E-state index in [1.807, 2.05) is 30.3 Å². The molecule has 0 saturated carbocycles. The third kappa shape index (κ3) is 5.66. The normalized spacial score (nSPS) is 15.9. The van der Waals surface area contributed by atoms with Gasteiger partial charge in [-0.3, -0.25) is 9.59 Å². The number of carbonyl (C=O) groups excluding carboxylic acids is 2. The number of fused-ring (bicyclic) bond motifs is 1. The van der Waals surface area contributed by atoms with Crippen molar-refractivity contribution in [1.82, 2.24) is 4.31 Å². The molecule has 1 saturated heterocycles. The Bertz CT molecular complexity index is 1400. The van der Waals surface area contributed by atoms with Gasteiger partial charge in [0.1, 0.15) is 18.1 Å². The average molecular weight is 536 g/mol. The third-order valence-corrected chi connectivity index (χ3v) is 8.47. The van der Waals surface area contributed by atoms with Crippen molar-refractivity contribution in [3.8, 4) is 11.5 Å². The molecule has 9 nitrogen and oxygen atoms in total. The van der Waals surface area contributed by atoms with Crippen LogP contribution in [0.1, 0.15) is 29.6 Å². The standard InChI is InChI=1S/C28H29N3O6S/c32-27-20-37-26-14-11-22(19-25(26)31(27)17-18-36-23-7-3-1-4-8-23)29-28(33)21-9-12-24(13-10-21)38(34,35)30-15-5-2-6-16-30/h1,3-4,7-14,19H,2,5-6,15-18,20H2,(H,29,33). The maximum Gasteiger partial charge on any atom is 0.265 e. The third-order valence-electron chi connectivity index (χ3n) is 6.56. The molecule has 0 radical (unpaired) electrons. The highest BCUT2D eigenvalue weighted by molar-refractivity contribution is 7.89. The Labute approximate surface area is 222 Å². The monoisotopic (exact) mass is 535 g/mol. The number of hydrogen-bond donors (Lipinski definition) is 1. The molecule has 38 heavy (non-hydrogen) atoms. The summed E-state index contributed by atoms with van der Waals surface area (Å²) in [6.07, 6.45) is 2.75. The van der Waals surface area contributed by atoms with Gasteiger partial charge < -0.3 is 19.7 Å². The minimum Gasteiger partial charge on any atom is -0.492 e. The fourth-order valence-electron chi connectivity index (χ4n) is 4.53. The Balaban J connectivity index is 1.26. The van der Waals surface area contributed by atoms with Crippen LogP contribution >= 0.6 is 0 Å². The summed E-state index contributed by atoms with van der Waals surface area (Å²) in [5.41, 5.74) is 1.34. The molecule has 0 spiro atoms. The van der Waals surface area contributed by atoms with Gasteiger partial charge in [0.15, 0.2) is 6.61 Å². The number of nitrogens with one attached hydrogen (secondary N) is 1. The van der Waals surface area contributed by atoms with E-state index in [0.717, 1.165) is 19.3 Å². The smallest absolute Gasteiger partial charge is 0.265 e. The van der Waals surface area contributed by atoms with Crippen molar-refractivity contribution in [2.24, 2.45) is 0 Å². The number of carbonyl (C=O) groups is 2. The first-order valence-corrected chi connectivity index (χ1v) is 14.0. The number of sulfonamides is 1. The Morgan fingerprint density at radius 3 is 2.42 bits per heavy atom. The van der Waals surface area contributed by atoms with E-state index in [2.05, 4.69) is 5.32 Å². The summed E-state index contributed by atoms with van der Waals surface area (Å²) in [7, 11) is -3.57. The van der Waals surface area contributed by atoms with Gasteiger partial charge in [-0.25, -0.2) is 8.42 Å². The number of rotatable bonds is 8. The van der Waals surface area contributed by atoms with Crippen molar-refractivity contribution in [2.45, 2.75) is 24.2 Å². The molecule has 0 bridgehead atoms. The molecule has 2 aliphatic heterocycles. The lowest BCUT2D eigenvalue weighted by atomic mass is 10.1. The molecule has 3 aromatic rings. The number of nitrogens with zero attached hydrogens (tertiary/aromatic N) is 2. The minimum absolute atomic E-state index is 0.0727. The van der Waals surface area contributed by atoms with Crippen molar-refractivity contribution >= 4 is 33.2 Å². The Morgan fingerprint density at radius 2 is 1.68 bits per heavy atom. The van der Waals surface area contributed by atoms with E-state index in [0.29, 0.717) is 54.7 Å². The highest BCUT2D eigenvalue weighted by Crippen LogP contribution is 2.34. The van der Waals surface area contributed by atoms with Gasteiger partial charge in [0.2, 0.25) is 10.0 Å². The number of hydrogen-bond acceptors (Lipinski definition) is 6. The van der Waals surface area contributed by atoms with Crippen molar-refractivity contribution in [2.75, 3.05) is 43.1 Å². The van der Waals surface area contributed by atoms with E-state index in [1.165, 1.54) is 28.6 Å². The molecule has 0 unspecified atom stereocenters. The van der Waals surface area contributed by atoms with Gasteiger partial charge in [-0.1, -0.05) is 24.6 Å². The minimum atomic E-state index is -3.57. The molecule has 198 valence electrons. The van der Waals surface area contributed by atoms with Crippen molar-refractivity contribution in [3.05, 3.63) is 78.4 Å². The van der Waals surface area contributed by atoms with Gasteiger partial charge >= 0.3 is 0 Å².